The van der Waals surface area contributed by atoms with Crippen molar-refractivity contribution >= 4 is 21.6 Å². The van der Waals surface area contributed by atoms with Crippen LogP contribution in [0.25, 0.3) is 0 Å². The lowest BCUT2D eigenvalue weighted by molar-refractivity contribution is -0.137. The van der Waals surface area contributed by atoms with Gasteiger partial charge in [-0.15, -0.1) is 0 Å². The van der Waals surface area contributed by atoms with Crippen LogP contribution in [0, 0.1) is 0 Å². The van der Waals surface area contributed by atoms with Gasteiger partial charge in [-0.25, -0.2) is 0 Å². The van der Waals surface area contributed by atoms with E-state index in [0.29, 0.717) is 17.6 Å². The Morgan fingerprint density at radius 2 is 1.89 bits per heavy atom. The second kappa shape index (κ2) is 6.16. The lowest BCUT2D eigenvalue weighted by atomic mass is 10.1. The number of halogens is 4. The highest BCUT2D eigenvalue weighted by Gasteiger charge is 2.35. The summed E-state index contributed by atoms with van der Waals surface area (Å²) in [5.41, 5.74) is -0.204. The van der Waals surface area contributed by atoms with Gasteiger partial charge in [0.1, 0.15) is 0 Å². The number of benzene rings is 1. The molecule has 0 bridgehead atoms. The molecule has 0 aromatic heterocycles. The highest BCUT2D eigenvalue weighted by Crippen LogP contribution is 2.38. The van der Waals surface area contributed by atoms with Crippen LogP contribution >= 0.6 is 15.9 Å². The molecule has 1 aliphatic rings. The van der Waals surface area contributed by atoms with E-state index >= 15 is 0 Å². The van der Waals surface area contributed by atoms with Crippen LogP contribution in [0.1, 0.15) is 31.2 Å². The average Bonchev–Trinajstić information content (AvgIpc) is 2.62. The maximum absolute atomic E-state index is 13.1. The van der Waals surface area contributed by atoms with Crippen molar-refractivity contribution in [3.8, 4) is 0 Å². The molecule has 19 heavy (non-hydrogen) atoms. The maximum atomic E-state index is 13.1. The summed E-state index contributed by atoms with van der Waals surface area (Å²) in [5.74, 6) is 0. The first-order valence-electron chi connectivity index (χ1n) is 6.53. The molecule has 2 rings (SSSR count). The van der Waals surface area contributed by atoms with Gasteiger partial charge in [-0.1, -0.05) is 40.9 Å². The topological polar surface area (TPSA) is 3.24 Å². The molecule has 1 aliphatic heterocycles. The van der Waals surface area contributed by atoms with Crippen LogP contribution in [0.2, 0.25) is 0 Å². The summed E-state index contributed by atoms with van der Waals surface area (Å²) in [6.45, 7) is 0.698. The average molecular weight is 336 g/mol. The van der Waals surface area contributed by atoms with E-state index in [1.165, 1.54) is 12.1 Å². The highest BCUT2D eigenvalue weighted by atomic mass is 79.9. The molecule has 1 atom stereocenters. The molecule has 0 saturated carbocycles. The van der Waals surface area contributed by atoms with Crippen molar-refractivity contribution in [3.05, 3.63) is 29.8 Å². The summed E-state index contributed by atoms with van der Waals surface area (Å²) in [7, 11) is 0. The van der Waals surface area contributed by atoms with Gasteiger partial charge in [-0.05, 0) is 25.0 Å². The summed E-state index contributed by atoms with van der Waals surface area (Å²) < 4.78 is 39.3. The summed E-state index contributed by atoms with van der Waals surface area (Å²) in [5, 5.41) is 0.708. The summed E-state index contributed by atoms with van der Waals surface area (Å²) in [4.78, 5) is 1.92. The van der Waals surface area contributed by atoms with Gasteiger partial charge in [-0.2, -0.15) is 13.2 Å². The van der Waals surface area contributed by atoms with Crippen LogP contribution in [0.5, 0.6) is 0 Å². The molecule has 106 valence electrons. The molecule has 0 spiro atoms. The van der Waals surface area contributed by atoms with Crippen molar-refractivity contribution < 1.29 is 13.2 Å². The number of alkyl halides is 4. The van der Waals surface area contributed by atoms with Gasteiger partial charge in [-0.3, -0.25) is 0 Å². The Morgan fingerprint density at radius 3 is 2.58 bits per heavy atom. The first-order valence-corrected chi connectivity index (χ1v) is 7.65. The van der Waals surface area contributed by atoms with Gasteiger partial charge in [0.15, 0.2) is 0 Å². The summed E-state index contributed by atoms with van der Waals surface area (Å²) >= 11 is 3.44. The minimum Gasteiger partial charge on any atom is -0.367 e. The van der Waals surface area contributed by atoms with E-state index in [-0.39, 0.29) is 6.04 Å². The Labute approximate surface area is 119 Å². The number of hydrogen-bond donors (Lipinski definition) is 0. The first-order chi connectivity index (χ1) is 9.04. The van der Waals surface area contributed by atoms with E-state index in [0.717, 1.165) is 25.7 Å². The fourth-order valence-electron chi connectivity index (χ4n) is 2.62. The molecule has 0 aliphatic carbocycles. The summed E-state index contributed by atoms with van der Waals surface area (Å²) in [6.07, 6.45) is -0.220. The van der Waals surface area contributed by atoms with E-state index in [9.17, 15) is 13.2 Å². The smallest absolute Gasteiger partial charge is 0.367 e. The Kier molecular flexibility index (Phi) is 4.76. The van der Waals surface area contributed by atoms with E-state index in [1.54, 1.807) is 12.1 Å². The lowest BCUT2D eigenvalue weighted by Crippen LogP contribution is -2.37. The van der Waals surface area contributed by atoms with Crippen molar-refractivity contribution in [2.24, 2.45) is 0 Å². The monoisotopic (exact) mass is 335 g/mol. The molecule has 1 saturated heterocycles. The first kappa shape index (κ1) is 14.7. The molecule has 1 nitrogen and oxygen atoms in total. The van der Waals surface area contributed by atoms with E-state index in [1.807, 2.05) is 4.90 Å². The lowest BCUT2D eigenvalue weighted by Gasteiger charge is -2.33. The third-order valence-corrected chi connectivity index (χ3v) is 4.32. The normalized spacial score (nSPS) is 21.3. The second-order valence-electron chi connectivity index (χ2n) is 4.87. The highest BCUT2D eigenvalue weighted by molar-refractivity contribution is 9.09. The third kappa shape index (κ3) is 3.44. The van der Waals surface area contributed by atoms with Crippen molar-refractivity contribution in [1.82, 2.24) is 0 Å². The van der Waals surface area contributed by atoms with Gasteiger partial charge in [0.05, 0.1) is 5.56 Å². The zero-order valence-electron chi connectivity index (χ0n) is 10.6. The van der Waals surface area contributed by atoms with Gasteiger partial charge in [0.25, 0.3) is 0 Å². The number of anilines is 1. The summed E-state index contributed by atoms with van der Waals surface area (Å²) in [6, 6.07) is 6.04. The van der Waals surface area contributed by atoms with E-state index in [2.05, 4.69) is 15.9 Å². The van der Waals surface area contributed by atoms with Crippen LogP contribution in [0.15, 0.2) is 24.3 Å². The molecule has 0 radical (unpaired) electrons. The van der Waals surface area contributed by atoms with Crippen LogP contribution < -0.4 is 4.90 Å². The number of rotatable bonds is 2. The van der Waals surface area contributed by atoms with Crippen LogP contribution in [0.3, 0.4) is 0 Å². The third-order valence-electron chi connectivity index (χ3n) is 3.57. The van der Waals surface area contributed by atoms with Gasteiger partial charge in [0.2, 0.25) is 0 Å². The van der Waals surface area contributed by atoms with Crippen LogP contribution in [-0.4, -0.2) is 17.9 Å². The van der Waals surface area contributed by atoms with Crippen LogP contribution in [-0.2, 0) is 6.18 Å². The zero-order chi connectivity index (χ0) is 13.9. The minimum atomic E-state index is -4.29. The largest absolute Gasteiger partial charge is 0.418 e. The fourth-order valence-corrected chi connectivity index (χ4v) is 3.29. The molecule has 1 aromatic rings. The van der Waals surface area contributed by atoms with Gasteiger partial charge >= 0.3 is 6.18 Å². The van der Waals surface area contributed by atoms with Crippen molar-refractivity contribution in [1.29, 1.82) is 0 Å². The van der Waals surface area contributed by atoms with E-state index < -0.39 is 11.7 Å². The molecule has 1 fully saturated rings. The molecule has 1 heterocycles. The Morgan fingerprint density at radius 1 is 1.16 bits per heavy atom. The van der Waals surface area contributed by atoms with Crippen molar-refractivity contribution in [2.45, 2.75) is 37.9 Å². The maximum Gasteiger partial charge on any atom is 0.418 e. The number of para-hydroxylation sites is 1. The fraction of sp³-hybridized carbons (Fsp3) is 0.571. The predicted octanol–water partition coefficient (Wildman–Crippen LogP) is 4.85. The quantitative estimate of drug-likeness (QED) is 0.698. The molecule has 0 amide bonds. The predicted molar refractivity (Wildman–Crippen MR) is 74.8 cm³/mol. The molecule has 1 aromatic carbocycles. The second-order valence-corrected chi connectivity index (χ2v) is 5.51. The Balaban J connectivity index is 2.38. The van der Waals surface area contributed by atoms with Crippen molar-refractivity contribution in [2.75, 3.05) is 16.8 Å². The molecular formula is C14H17BrF3N. The van der Waals surface area contributed by atoms with Gasteiger partial charge in [0, 0.05) is 23.6 Å². The van der Waals surface area contributed by atoms with Crippen molar-refractivity contribution in [3.63, 3.8) is 0 Å². The standard InChI is InChI=1S/C14H17BrF3N/c15-10-11-6-2-1-5-9-19(11)13-8-4-3-7-12(13)14(16,17)18/h3-4,7-8,11H,1-2,5-6,9-10H2. The molecule has 1 unspecified atom stereocenters. The van der Waals surface area contributed by atoms with E-state index in [4.69, 9.17) is 0 Å². The number of hydrogen-bond acceptors (Lipinski definition) is 1. The Bertz CT molecular complexity index is 419. The Hall–Kier alpha value is -0.710. The molecule has 5 heteroatoms. The van der Waals surface area contributed by atoms with Crippen LogP contribution in [0.4, 0.5) is 18.9 Å². The zero-order valence-corrected chi connectivity index (χ0v) is 12.2. The molecule has 0 N–H and O–H groups in total. The number of nitrogens with zero attached hydrogens (tertiary/aromatic N) is 1. The van der Waals surface area contributed by atoms with Gasteiger partial charge < -0.3 is 4.90 Å². The minimum absolute atomic E-state index is 0.144. The molecular weight excluding hydrogens is 319 g/mol. The SMILES string of the molecule is FC(F)(F)c1ccccc1N1CCCCCC1CBr.